The van der Waals surface area contributed by atoms with Gasteiger partial charge in [-0.25, -0.2) is 0 Å². The third-order valence-electron chi connectivity index (χ3n) is 0.271. The molecule has 0 aliphatic heterocycles. The molecule has 0 saturated carbocycles. The van der Waals surface area contributed by atoms with Crippen molar-refractivity contribution in [3.63, 3.8) is 0 Å². The standard InChI is InChI=1S/C2H5ClN2O/c3-1-2-4-5-6/h1-2H2,(H,4,6). The number of hydrogen-bond acceptors (Lipinski definition) is 2. The van der Waals surface area contributed by atoms with Crippen molar-refractivity contribution in [3.05, 3.63) is 4.91 Å². The molecule has 0 atom stereocenters. The largest absolute Gasteiger partial charge is 0.273 e. The molecular weight excluding hydrogens is 103 g/mol. The lowest BCUT2D eigenvalue weighted by atomic mass is 10.8. The topological polar surface area (TPSA) is 41.5 Å². The Kier molecular flexibility index (Phi) is 4.45. The van der Waals surface area contributed by atoms with E-state index >= 15 is 0 Å². The van der Waals surface area contributed by atoms with Crippen molar-refractivity contribution in [3.8, 4) is 0 Å². The molecule has 0 aromatic heterocycles. The zero-order valence-electron chi connectivity index (χ0n) is 3.15. The van der Waals surface area contributed by atoms with Crippen molar-refractivity contribution in [1.29, 1.82) is 0 Å². The normalized spacial score (nSPS) is 7.50. The second-order valence-electron chi connectivity index (χ2n) is 0.688. The highest BCUT2D eigenvalue weighted by Gasteiger charge is 1.72. The summed E-state index contributed by atoms with van der Waals surface area (Å²) in [5, 5.41) is 2.34. The van der Waals surface area contributed by atoms with Gasteiger partial charge >= 0.3 is 0 Å². The van der Waals surface area contributed by atoms with Crippen molar-refractivity contribution in [2.75, 3.05) is 12.4 Å². The van der Waals surface area contributed by atoms with Crippen LogP contribution in [0.5, 0.6) is 0 Å². The first-order chi connectivity index (χ1) is 2.91. The molecule has 0 bridgehead atoms. The van der Waals surface area contributed by atoms with Crippen molar-refractivity contribution in [2.24, 2.45) is 5.29 Å². The Bertz CT molecular complexity index is 40.5. The number of nitrogens with one attached hydrogen (secondary N) is 1. The summed E-state index contributed by atoms with van der Waals surface area (Å²) in [5.74, 6) is 0.422. The monoisotopic (exact) mass is 108 g/mol. The molecule has 0 aromatic carbocycles. The molecule has 36 valence electrons. The lowest BCUT2D eigenvalue weighted by Gasteiger charge is -1.82. The summed E-state index contributed by atoms with van der Waals surface area (Å²) in [5.41, 5.74) is 2.14. The number of alkyl halides is 1. The molecule has 0 aliphatic carbocycles. The quantitative estimate of drug-likeness (QED) is 0.248. The highest BCUT2D eigenvalue weighted by atomic mass is 35.5. The lowest BCUT2D eigenvalue weighted by Crippen LogP contribution is -2.06. The number of nitrogens with zero attached hydrogens (tertiary/aromatic N) is 1. The van der Waals surface area contributed by atoms with E-state index in [0.29, 0.717) is 12.4 Å². The molecule has 0 unspecified atom stereocenters. The Morgan fingerprint density at radius 1 is 1.83 bits per heavy atom. The van der Waals surface area contributed by atoms with Gasteiger partial charge in [0, 0.05) is 17.7 Å². The van der Waals surface area contributed by atoms with Crippen LogP contribution in [0.2, 0.25) is 0 Å². The highest BCUT2D eigenvalue weighted by molar-refractivity contribution is 6.18. The van der Waals surface area contributed by atoms with Crippen LogP contribution in [-0.2, 0) is 0 Å². The number of hydrogen-bond donors (Lipinski definition) is 1. The van der Waals surface area contributed by atoms with E-state index in [2.05, 4.69) is 10.7 Å². The fourth-order valence-corrected chi connectivity index (χ4v) is 0.172. The second kappa shape index (κ2) is 4.69. The third-order valence-corrected chi connectivity index (χ3v) is 0.460. The van der Waals surface area contributed by atoms with Crippen LogP contribution in [0.4, 0.5) is 0 Å². The van der Waals surface area contributed by atoms with Crippen LogP contribution < -0.4 is 5.43 Å². The van der Waals surface area contributed by atoms with Crippen molar-refractivity contribution in [1.82, 2.24) is 5.43 Å². The Labute approximate surface area is 40.6 Å². The average Bonchev–Trinajstić information content (AvgIpc) is 1.61. The summed E-state index contributed by atoms with van der Waals surface area (Å²) in [6.07, 6.45) is 0. The summed E-state index contributed by atoms with van der Waals surface area (Å²) >= 11 is 5.12. The average molecular weight is 109 g/mol. The molecule has 0 heterocycles. The van der Waals surface area contributed by atoms with E-state index in [4.69, 9.17) is 16.5 Å². The highest BCUT2D eigenvalue weighted by Crippen LogP contribution is 1.66. The molecule has 3 nitrogen and oxygen atoms in total. The fourth-order valence-electron chi connectivity index (χ4n) is 0.0879. The summed E-state index contributed by atoms with van der Waals surface area (Å²) < 4.78 is 0. The van der Waals surface area contributed by atoms with Crippen LogP contribution >= 0.6 is 11.6 Å². The van der Waals surface area contributed by atoms with E-state index in [1.165, 1.54) is 0 Å². The molecule has 1 N–H and O–H groups in total. The molecule has 0 aromatic rings. The first-order valence-electron chi connectivity index (χ1n) is 1.53. The minimum Gasteiger partial charge on any atom is -0.273 e. The number of halogens is 1. The Morgan fingerprint density at radius 3 is 2.67 bits per heavy atom. The predicted octanol–water partition coefficient (Wildman–Crippen LogP) is 0.496. The minimum absolute atomic E-state index is 0.422. The zero-order chi connectivity index (χ0) is 4.83. The van der Waals surface area contributed by atoms with E-state index in [0.717, 1.165) is 0 Å². The van der Waals surface area contributed by atoms with Gasteiger partial charge in [0.05, 0.1) is 0 Å². The molecule has 0 rings (SSSR count). The van der Waals surface area contributed by atoms with Crippen LogP contribution in [0.25, 0.3) is 0 Å². The van der Waals surface area contributed by atoms with Gasteiger partial charge in [-0.05, 0) is 0 Å². The Balaban J connectivity index is 2.49. The zero-order valence-corrected chi connectivity index (χ0v) is 3.90. The maximum absolute atomic E-state index is 9.14. The first kappa shape index (κ1) is 5.69. The Morgan fingerprint density at radius 2 is 2.50 bits per heavy atom. The van der Waals surface area contributed by atoms with Gasteiger partial charge < -0.3 is 0 Å². The fraction of sp³-hybridized carbons (Fsp3) is 1.00. The van der Waals surface area contributed by atoms with Crippen LogP contribution in [0.1, 0.15) is 0 Å². The molecule has 0 radical (unpaired) electrons. The molecule has 0 fully saturated rings. The van der Waals surface area contributed by atoms with Gasteiger partial charge in [0.15, 0.2) is 0 Å². The van der Waals surface area contributed by atoms with E-state index < -0.39 is 0 Å². The van der Waals surface area contributed by atoms with E-state index in [1.54, 1.807) is 0 Å². The first-order valence-corrected chi connectivity index (χ1v) is 2.06. The van der Waals surface area contributed by atoms with Crippen LogP contribution in [0.15, 0.2) is 5.29 Å². The van der Waals surface area contributed by atoms with Gasteiger partial charge in [-0.15, -0.1) is 16.5 Å². The predicted molar refractivity (Wildman–Crippen MR) is 24.5 cm³/mol. The molecule has 0 aliphatic rings. The number of rotatable bonds is 3. The van der Waals surface area contributed by atoms with Crippen molar-refractivity contribution in [2.45, 2.75) is 0 Å². The Hall–Kier alpha value is -0.310. The van der Waals surface area contributed by atoms with Crippen LogP contribution in [0.3, 0.4) is 0 Å². The summed E-state index contributed by atoms with van der Waals surface area (Å²) in [6, 6.07) is 0. The van der Waals surface area contributed by atoms with Gasteiger partial charge in [-0.1, -0.05) is 0 Å². The van der Waals surface area contributed by atoms with Crippen LogP contribution in [0, 0.1) is 4.91 Å². The van der Waals surface area contributed by atoms with Gasteiger partial charge in [-0.2, -0.15) is 0 Å². The van der Waals surface area contributed by atoms with E-state index in [9.17, 15) is 0 Å². The van der Waals surface area contributed by atoms with E-state index in [-0.39, 0.29) is 0 Å². The molecule has 4 heteroatoms. The molecule has 0 saturated heterocycles. The molecule has 0 spiro atoms. The lowest BCUT2D eigenvalue weighted by molar-refractivity contribution is 0.779. The van der Waals surface area contributed by atoms with Gasteiger partial charge in [0.25, 0.3) is 0 Å². The molecular formula is C2H5ClN2O. The molecule has 6 heavy (non-hydrogen) atoms. The van der Waals surface area contributed by atoms with Crippen LogP contribution in [-0.4, -0.2) is 12.4 Å². The second-order valence-corrected chi connectivity index (χ2v) is 1.07. The summed E-state index contributed by atoms with van der Waals surface area (Å²) in [6.45, 7) is 0.449. The van der Waals surface area contributed by atoms with Gasteiger partial charge in [0.2, 0.25) is 0 Å². The minimum atomic E-state index is 0.422. The maximum atomic E-state index is 9.14. The van der Waals surface area contributed by atoms with E-state index in [1.807, 2.05) is 0 Å². The van der Waals surface area contributed by atoms with Crippen molar-refractivity contribution < 1.29 is 0 Å². The molecule has 0 amide bonds. The van der Waals surface area contributed by atoms with Crippen molar-refractivity contribution >= 4 is 11.6 Å². The number of nitroso groups, excluding NO2 is 1. The third kappa shape index (κ3) is 3.69. The smallest absolute Gasteiger partial charge is 0.0497 e. The SMILES string of the molecule is O=NNCCCl. The van der Waals surface area contributed by atoms with Gasteiger partial charge in [0.1, 0.15) is 0 Å². The summed E-state index contributed by atoms with van der Waals surface area (Å²) in [7, 11) is 0. The summed E-state index contributed by atoms with van der Waals surface area (Å²) in [4.78, 5) is 9.14. The van der Waals surface area contributed by atoms with Gasteiger partial charge in [-0.3, -0.25) is 5.43 Å². The maximum Gasteiger partial charge on any atom is 0.0497 e.